The van der Waals surface area contributed by atoms with Crippen LogP contribution in [0.4, 0.5) is 0 Å². The van der Waals surface area contributed by atoms with E-state index < -0.39 is 0 Å². The van der Waals surface area contributed by atoms with Crippen molar-refractivity contribution in [2.75, 3.05) is 13.1 Å². The molecule has 0 bridgehead atoms. The number of rotatable bonds is 1. The van der Waals surface area contributed by atoms with Gasteiger partial charge in [-0.2, -0.15) is 0 Å². The monoisotopic (exact) mass is 309 g/mol. The average molecular weight is 309 g/mol. The van der Waals surface area contributed by atoms with Crippen LogP contribution in [-0.2, 0) is 0 Å². The Morgan fingerprint density at radius 2 is 1.79 bits per heavy atom. The minimum atomic E-state index is 0. The molecule has 3 nitrogen and oxygen atoms in total. The molecule has 1 saturated carbocycles. The van der Waals surface area contributed by atoms with Crippen molar-refractivity contribution in [3.05, 3.63) is 0 Å². The highest BCUT2D eigenvalue weighted by Crippen LogP contribution is 2.24. The van der Waals surface area contributed by atoms with Crippen LogP contribution in [0.15, 0.2) is 4.99 Å². The Hall–Kier alpha value is 0. The first-order valence-electron chi connectivity index (χ1n) is 5.34. The highest BCUT2D eigenvalue weighted by atomic mass is 127. The van der Waals surface area contributed by atoms with Gasteiger partial charge in [0.1, 0.15) is 0 Å². The molecular weight excluding hydrogens is 289 g/mol. The van der Waals surface area contributed by atoms with Crippen molar-refractivity contribution in [3.8, 4) is 0 Å². The summed E-state index contributed by atoms with van der Waals surface area (Å²) in [5, 5.41) is 0. The quantitative estimate of drug-likeness (QED) is 0.456. The van der Waals surface area contributed by atoms with Gasteiger partial charge in [-0.3, -0.25) is 0 Å². The normalized spacial score (nSPS) is 24.6. The fourth-order valence-corrected chi connectivity index (χ4v) is 1.71. The van der Waals surface area contributed by atoms with Gasteiger partial charge in [0.05, 0.1) is 6.04 Å². The second-order valence-corrected chi connectivity index (χ2v) is 4.39. The number of nitrogens with zero attached hydrogens (tertiary/aromatic N) is 2. The molecule has 0 aromatic rings. The molecule has 2 aliphatic rings. The maximum atomic E-state index is 5.91. The van der Waals surface area contributed by atoms with Gasteiger partial charge in [0, 0.05) is 13.1 Å². The Morgan fingerprint density at radius 3 is 2.29 bits per heavy atom. The summed E-state index contributed by atoms with van der Waals surface area (Å²) in [4.78, 5) is 6.69. The van der Waals surface area contributed by atoms with Gasteiger partial charge in [-0.15, -0.1) is 24.0 Å². The number of piperidine rings is 1. The Morgan fingerprint density at radius 1 is 1.21 bits per heavy atom. The molecular formula is C10H20IN3. The zero-order valence-corrected chi connectivity index (χ0v) is 11.1. The Balaban J connectivity index is 0.000000980. The number of guanidine groups is 1. The third-order valence-electron chi connectivity index (χ3n) is 2.97. The molecule has 1 saturated heterocycles. The fraction of sp³-hybridized carbons (Fsp3) is 0.900. The van der Waals surface area contributed by atoms with Crippen LogP contribution >= 0.6 is 24.0 Å². The van der Waals surface area contributed by atoms with Crippen molar-refractivity contribution in [1.82, 2.24) is 4.90 Å². The Kier molecular flexibility index (Phi) is 4.47. The number of hydrogen-bond acceptors (Lipinski definition) is 1. The maximum Gasteiger partial charge on any atom is 0.191 e. The van der Waals surface area contributed by atoms with Crippen LogP contribution in [0.3, 0.4) is 0 Å². The van der Waals surface area contributed by atoms with Crippen LogP contribution < -0.4 is 5.73 Å². The molecule has 0 spiro atoms. The summed E-state index contributed by atoms with van der Waals surface area (Å²) in [5.74, 6) is 1.65. The molecule has 0 atom stereocenters. The van der Waals surface area contributed by atoms with Gasteiger partial charge in [-0.1, -0.05) is 6.92 Å². The third-order valence-corrected chi connectivity index (χ3v) is 2.97. The highest BCUT2D eigenvalue weighted by molar-refractivity contribution is 14.0. The standard InChI is InChI=1S/C10H19N3.HI/c1-8-4-6-13(7-5-8)10(11)12-9-2-3-9;/h8-9H,2-7H2,1H3,(H2,11,12);1H. The summed E-state index contributed by atoms with van der Waals surface area (Å²) in [7, 11) is 0. The van der Waals surface area contributed by atoms with E-state index in [1.807, 2.05) is 0 Å². The predicted molar refractivity (Wildman–Crippen MR) is 70.0 cm³/mol. The molecule has 0 unspecified atom stereocenters. The van der Waals surface area contributed by atoms with Gasteiger partial charge in [-0.25, -0.2) is 4.99 Å². The van der Waals surface area contributed by atoms with Gasteiger partial charge in [0.25, 0.3) is 0 Å². The number of halogens is 1. The molecule has 0 amide bonds. The summed E-state index contributed by atoms with van der Waals surface area (Å²) in [5.41, 5.74) is 5.91. The van der Waals surface area contributed by atoms with Crippen molar-refractivity contribution < 1.29 is 0 Å². The fourth-order valence-electron chi connectivity index (χ4n) is 1.71. The molecule has 1 aliphatic carbocycles. The zero-order chi connectivity index (χ0) is 9.26. The molecule has 2 N–H and O–H groups in total. The van der Waals surface area contributed by atoms with E-state index in [0.717, 1.165) is 25.0 Å². The van der Waals surface area contributed by atoms with Gasteiger partial charge < -0.3 is 10.6 Å². The van der Waals surface area contributed by atoms with Crippen LogP contribution in [0.2, 0.25) is 0 Å². The van der Waals surface area contributed by atoms with Crippen LogP contribution in [0.25, 0.3) is 0 Å². The van der Waals surface area contributed by atoms with Gasteiger partial charge in [0.15, 0.2) is 5.96 Å². The Labute approximate surface area is 103 Å². The van der Waals surface area contributed by atoms with E-state index in [2.05, 4.69) is 16.8 Å². The van der Waals surface area contributed by atoms with Crippen molar-refractivity contribution in [2.45, 2.75) is 38.6 Å². The largest absolute Gasteiger partial charge is 0.370 e. The molecule has 2 fully saturated rings. The smallest absolute Gasteiger partial charge is 0.191 e. The SMILES string of the molecule is CC1CCN(C(N)=NC2CC2)CC1.I. The topological polar surface area (TPSA) is 41.6 Å². The number of hydrogen-bond donors (Lipinski definition) is 1. The molecule has 0 radical (unpaired) electrons. The molecule has 4 heteroatoms. The first kappa shape index (κ1) is 12.1. The number of aliphatic imine (C=N–C) groups is 1. The van der Waals surface area contributed by atoms with E-state index >= 15 is 0 Å². The van der Waals surface area contributed by atoms with Gasteiger partial charge in [-0.05, 0) is 31.6 Å². The van der Waals surface area contributed by atoms with E-state index in [9.17, 15) is 0 Å². The lowest BCUT2D eigenvalue weighted by molar-refractivity contribution is 0.277. The van der Waals surface area contributed by atoms with E-state index in [1.165, 1.54) is 25.7 Å². The maximum absolute atomic E-state index is 5.91. The van der Waals surface area contributed by atoms with E-state index in [0.29, 0.717) is 6.04 Å². The number of likely N-dealkylation sites (tertiary alicyclic amines) is 1. The lowest BCUT2D eigenvalue weighted by atomic mass is 10.00. The van der Waals surface area contributed by atoms with Crippen molar-refractivity contribution >= 4 is 29.9 Å². The van der Waals surface area contributed by atoms with Crippen LogP contribution in [-0.4, -0.2) is 30.0 Å². The second kappa shape index (κ2) is 5.19. The molecule has 1 aliphatic heterocycles. The third kappa shape index (κ3) is 3.29. The molecule has 2 rings (SSSR count). The summed E-state index contributed by atoms with van der Waals surface area (Å²) in [6.45, 7) is 4.51. The summed E-state index contributed by atoms with van der Waals surface area (Å²) in [6.07, 6.45) is 5.01. The minimum absolute atomic E-state index is 0. The molecule has 1 heterocycles. The van der Waals surface area contributed by atoms with Crippen molar-refractivity contribution in [3.63, 3.8) is 0 Å². The van der Waals surface area contributed by atoms with E-state index in [-0.39, 0.29) is 24.0 Å². The summed E-state index contributed by atoms with van der Waals surface area (Å²) < 4.78 is 0. The van der Waals surface area contributed by atoms with Gasteiger partial charge in [0.2, 0.25) is 0 Å². The van der Waals surface area contributed by atoms with Crippen molar-refractivity contribution in [1.29, 1.82) is 0 Å². The van der Waals surface area contributed by atoms with Crippen LogP contribution in [0.5, 0.6) is 0 Å². The average Bonchev–Trinajstić information content (AvgIpc) is 2.89. The van der Waals surface area contributed by atoms with E-state index in [4.69, 9.17) is 5.73 Å². The van der Waals surface area contributed by atoms with Gasteiger partial charge >= 0.3 is 0 Å². The van der Waals surface area contributed by atoms with E-state index in [1.54, 1.807) is 0 Å². The summed E-state index contributed by atoms with van der Waals surface area (Å²) >= 11 is 0. The van der Waals surface area contributed by atoms with Crippen molar-refractivity contribution in [2.24, 2.45) is 16.6 Å². The molecule has 0 aromatic carbocycles. The first-order valence-corrected chi connectivity index (χ1v) is 5.34. The minimum Gasteiger partial charge on any atom is -0.370 e. The number of nitrogens with two attached hydrogens (primary N) is 1. The second-order valence-electron chi connectivity index (χ2n) is 4.39. The predicted octanol–water partition coefficient (Wildman–Crippen LogP) is 1.81. The van der Waals surface area contributed by atoms with Crippen LogP contribution in [0, 0.1) is 5.92 Å². The zero-order valence-electron chi connectivity index (χ0n) is 8.78. The molecule has 14 heavy (non-hydrogen) atoms. The Bertz CT molecular complexity index is 205. The highest BCUT2D eigenvalue weighted by Gasteiger charge is 2.23. The molecule has 0 aromatic heterocycles. The summed E-state index contributed by atoms with van der Waals surface area (Å²) in [6, 6.07) is 0.555. The first-order chi connectivity index (χ1) is 6.25. The lowest BCUT2D eigenvalue weighted by Gasteiger charge is -2.31. The van der Waals surface area contributed by atoms with Crippen LogP contribution in [0.1, 0.15) is 32.6 Å². The lowest BCUT2D eigenvalue weighted by Crippen LogP contribution is -2.42. The molecule has 82 valence electrons.